The Kier molecular flexibility index (Phi) is 6.10. The summed E-state index contributed by atoms with van der Waals surface area (Å²) in [5.74, 6) is 0.0307. The van der Waals surface area contributed by atoms with Gasteiger partial charge in [0.25, 0.3) is 16.9 Å². The Morgan fingerprint density at radius 2 is 1.58 bits per heavy atom. The molecule has 2 heterocycles. The number of carbonyl (C=O) groups is 1. The quantitative estimate of drug-likeness (QED) is 0.213. The van der Waals surface area contributed by atoms with Crippen LogP contribution in [0.5, 0.6) is 0 Å². The van der Waals surface area contributed by atoms with Gasteiger partial charge in [-0.25, -0.2) is 4.98 Å². The number of thioether (sulfide) groups is 1. The molecule has 1 atom stereocenters. The molecule has 3 aromatic rings. The molecule has 2 aromatic carbocycles. The van der Waals surface area contributed by atoms with Crippen molar-refractivity contribution in [3.8, 4) is 0 Å². The summed E-state index contributed by atoms with van der Waals surface area (Å²) < 4.78 is 0. The minimum absolute atomic E-state index is 0.00310. The number of anilines is 1. The van der Waals surface area contributed by atoms with Gasteiger partial charge in [0.2, 0.25) is 0 Å². The zero-order valence-corrected chi connectivity index (χ0v) is 19.5. The van der Waals surface area contributed by atoms with Crippen molar-refractivity contribution in [2.24, 2.45) is 0 Å². The normalized spacial score (nSPS) is 16.7. The van der Waals surface area contributed by atoms with Crippen LogP contribution in [0.1, 0.15) is 41.9 Å². The van der Waals surface area contributed by atoms with E-state index in [0.717, 1.165) is 5.56 Å². The summed E-state index contributed by atoms with van der Waals surface area (Å²) in [6, 6.07) is 12.0. The van der Waals surface area contributed by atoms with Crippen molar-refractivity contribution in [2.75, 3.05) is 5.32 Å². The van der Waals surface area contributed by atoms with E-state index in [2.05, 4.69) is 15.3 Å². The fraction of sp³-hybridized carbons (Fsp3) is 0.208. The van der Waals surface area contributed by atoms with Gasteiger partial charge in [0.05, 0.1) is 15.4 Å². The number of fused-ring (bicyclic) bond motifs is 1. The van der Waals surface area contributed by atoms with Crippen LogP contribution in [0, 0.1) is 20.2 Å². The lowest BCUT2D eigenvalue weighted by atomic mass is 9.76. The summed E-state index contributed by atoms with van der Waals surface area (Å²) in [7, 11) is 0. The Morgan fingerprint density at radius 1 is 0.944 bits per heavy atom. The topological polar surface area (TPSA) is 161 Å². The van der Waals surface area contributed by atoms with E-state index in [1.165, 1.54) is 36.0 Å². The molecule has 0 radical (unpaired) electrons. The van der Waals surface area contributed by atoms with Crippen LogP contribution >= 0.6 is 11.8 Å². The number of nitro benzene ring substituents is 2. The standard InChI is InChI=1S/C24H19N5O6S/c30-18-3-1-2-17-20(18)19(14-6-10-16(11-7-14)29(34)35)21-22(25-17)26-24(27-23(21)31)36-12-13-4-8-15(9-5-13)28(32)33/h4-11,19H,1-3,12H2,(H2,25,26,27,31). The molecule has 11 nitrogen and oxygen atoms in total. The molecule has 36 heavy (non-hydrogen) atoms. The van der Waals surface area contributed by atoms with E-state index in [1.54, 1.807) is 24.3 Å². The van der Waals surface area contributed by atoms with E-state index in [0.29, 0.717) is 52.8 Å². The molecule has 182 valence electrons. The van der Waals surface area contributed by atoms with Gasteiger partial charge in [-0.3, -0.25) is 29.8 Å². The van der Waals surface area contributed by atoms with Gasteiger partial charge in [0, 0.05) is 53.6 Å². The molecule has 0 saturated carbocycles. The number of nitro groups is 2. The molecule has 2 aliphatic rings. The zero-order valence-electron chi connectivity index (χ0n) is 18.7. The zero-order chi connectivity index (χ0) is 25.4. The second-order valence-electron chi connectivity index (χ2n) is 8.42. The van der Waals surface area contributed by atoms with E-state index in [9.17, 15) is 29.8 Å². The van der Waals surface area contributed by atoms with Crippen molar-refractivity contribution in [3.05, 3.63) is 107 Å². The lowest BCUT2D eigenvalue weighted by molar-refractivity contribution is -0.385. The molecule has 1 aliphatic heterocycles. The minimum Gasteiger partial charge on any atom is -0.343 e. The molecule has 0 fully saturated rings. The van der Waals surface area contributed by atoms with Crippen LogP contribution in [0.4, 0.5) is 17.2 Å². The van der Waals surface area contributed by atoms with Gasteiger partial charge in [0.15, 0.2) is 10.9 Å². The maximum atomic E-state index is 13.3. The lowest BCUT2D eigenvalue weighted by Gasteiger charge is -2.32. The van der Waals surface area contributed by atoms with Crippen molar-refractivity contribution < 1.29 is 14.6 Å². The number of benzene rings is 2. The number of aromatic nitrogens is 2. The molecular formula is C24H19N5O6S. The van der Waals surface area contributed by atoms with Crippen molar-refractivity contribution in [1.29, 1.82) is 0 Å². The Hall–Kier alpha value is -4.32. The van der Waals surface area contributed by atoms with Crippen LogP contribution in [0.2, 0.25) is 0 Å². The molecule has 0 amide bonds. The average molecular weight is 506 g/mol. The average Bonchev–Trinajstić information content (AvgIpc) is 2.86. The number of allylic oxidation sites excluding steroid dienone is 2. The third-order valence-electron chi connectivity index (χ3n) is 6.20. The molecule has 0 saturated heterocycles. The monoisotopic (exact) mass is 505 g/mol. The number of H-pyrrole nitrogens is 1. The first-order valence-corrected chi connectivity index (χ1v) is 12.1. The number of non-ortho nitro benzene ring substituents is 2. The van der Waals surface area contributed by atoms with Gasteiger partial charge in [-0.15, -0.1) is 0 Å². The summed E-state index contributed by atoms with van der Waals surface area (Å²) >= 11 is 1.27. The maximum absolute atomic E-state index is 13.3. The summed E-state index contributed by atoms with van der Waals surface area (Å²) in [4.78, 5) is 54.6. The SMILES string of the molecule is O=C1CCCC2=C1C(c1ccc([N+](=O)[O-])cc1)c1c(nc(SCc3ccc([N+](=O)[O-])cc3)[nH]c1=O)N2. The van der Waals surface area contributed by atoms with Gasteiger partial charge in [-0.05, 0) is 24.0 Å². The number of ketones is 1. The predicted octanol–water partition coefficient (Wildman–Crippen LogP) is 4.44. The van der Waals surface area contributed by atoms with Crippen LogP contribution in [0.25, 0.3) is 0 Å². The summed E-state index contributed by atoms with van der Waals surface area (Å²) in [6.07, 6.45) is 1.68. The van der Waals surface area contributed by atoms with Crippen LogP contribution in [-0.4, -0.2) is 25.6 Å². The maximum Gasteiger partial charge on any atom is 0.269 e. The Morgan fingerprint density at radius 3 is 2.22 bits per heavy atom. The van der Waals surface area contributed by atoms with E-state index in [1.807, 2.05) is 0 Å². The van der Waals surface area contributed by atoms with Crippen LogP contribution < -0.4 is 10.9 Å². The van der Waals surface area contributed by atoms with Crippen molar-refractivity contribution in [3.63, 3.8) is 0 Å². The van der Waals surface area contributed by atoms with Gasteiger partial charge in [0.1, 0.15) is 5.82 Å². The molecule has 1 unspecified atom stereocenters. The molecule has 2 N–H and O–H groups in total. The van der Waals surface area contributed by atoms with E-state index in [4.69, 9.17) is 0 Å². The molecule has 1 aliphatic carbocycles. The smallest absolute Gasteiger partial charge is 0.269 e. The first-order valence-electron chi connectivity index (χ1n) is 11.1. The second kappa shape index (κ2) is 9.38. The van der Waals surface area contributed by atoms with E-state index < -0.39 is 21.3 Å². The molecule has 1 aromatic heterocycles. The number of aromatic amines is 1. The number of rotatable bonds is 6. The van der Waals surface area contributed by atoms with Gasteiger partial charge in [-0.2, -0.15) is 0 Å². The van der Waals surface area contributed by atoms with Crippen molar-refractivity contribution >= 4 is 34.7 Å². The third kappa shape index (κ3) is 4.38. The highest BCUT2D eigenvalue weighted by atomic mass is 32.2. The number of hydrogen-bond donors (Lipinski definition) is 2. The van der Waals surface area contributed by atoms with E-state index in [-0.39, 0.29) is 22.7 Å². The van der Waals surface area contributed by atoms with Gasteiger partial charge >= 0.3 is 0 Å². The highest BCUT2D eigenvalue weighted by Gasteiger charge is 2.38. The Labute approximate surface area is 208 Å². The number of nitrogens with one attached hydrogen (secondary N) is 2. The number of nitrogens with zero attached hydrogens (tertiary/aromatic N) is 3. The first kappa shape index (κ1) is 23.4. The van der Waals surface area contributed by atoms with Gasteiger partial charge < -0.3 is 10.3 Å². The molecule has 12 heteroatoms. The first-order chi connectivity index (χ1) is 17.3. The van der Waals surface area contributed by atoms with Crippen molar-refractivity contribution in [2.45, 2.75) is 36.1 Å². The Balaban J connectivity index is 1.50. The van der Waals surface area contributed by atoms with Gasteiger partial charge in [-0.1, -0.05) is 36.0 Å². The molecule has 0 bridgehead atoms. The number of Topliss-reactive ketones (excluding diaryl/α,β-unsaturated/α-hetero) is 1. The number of hydrogen-bond acceptors (Lipinski definition) is 9. The van der Waals surface area contributed by atoms with E-state index >= 15 is 0 Å². The fourth-order valence-corrected chi connectivity index (χ4v) is 5.31. The largest absolute Gasteiger partial charge is 0.343 e. The highest BCUT2D eigenvalue weighted by Crippen LogP contribution is 2.43. The van der Waals surface area contributed by atoms with Crippen LogP contribution in [0.3, 0.4) is 0 Å². The van der Waals surface area contributed by atoms with Crippen LogP contribution in [-0.2, 0) is 10.5 Å². The summed E-state index contributed by atoms with van der Waals surface area (Å²) in [5, 5.41) is 25.5. The summed E-state index contributed by atoms with van der Waals surface area (Å²) in [6.45, 7) is 0. The fourth-order valence-electron chi connectivity index (χ4n) is 4.50. The summed E-state index contributed by atoms with van der Waals surface area (Å²) in [5.41, 5.74) is 2.44. The second-order valence-corrected chi connectivity index (χ2v) is 9.39. The predicted molar refractivity (Wildman–Crippen MR) is 132 cm³/mol. The lowest BCUT2D eigenvalue weighted by Crippen LogP contribution is -2.32. The number of carbonyl (C=O) groups excluding carboxylic acids is 1. The minimum atomic E-state index is -0.685. The molecule has 5 rings (SSSR count). The Bertz CT molecular complexity index is 1480. The molecular weight excluding hydrogens is 486 g/mol. The van der Waals surface area contributed by atoms with Crippen molar-refractivity contribution in [1.82, 2.24) is 9.97 Å². The highest BCUT2D eigenvalue weighted by molar-refractivity contribution is 7.98. The molecule has 0 spiro atoms. The van der Waals surface area contributed by atoms with Crippen LogP contribution in [0.15, 0.2) is 69.8 Å². The third-order valence-corrected chi connectivity index (χ3v) is 7.14.